The lowest BCUT2D eigenvalue weighted by atomic mass is 9.95. The van der Waals surface area contributed by atoms with Gasteiger partial charge in [0.2, 0.25) is 16.9 Å². The maximum atomic E-state index is 12.3. The summed E-state index contributed by atoms with van der Waals surface area (Å²) in [6.45, 7) is 7.68. The van der Waals surface area contributed by atoms with Gasteiger partial charge in [0, 0.05) is 11.8 Å². The molecule has 8 nitrogen and oxygen atoms in total. The first-order chi connectivity index (χ1) is 11.5. The van der Waals surface area contributed by atoms with Crippen LogP contribution in [-0.2, 0) is 4.79 Å². The van der Waals surface area contributed by atoms with Crippen LogP contribution in [0.3, 0.4) is 0 Å². The largest absolute Gasteiger partial charge is 0.339 e. The predicted molar refractivity (Wildman–Crippen MR) is 89.9 cm³/mol. The summed E-state index contributed by atoms with van der Waals surface area (Å²) in [4.78, 5) is 19.0. The fourth-order valence-electron chi connectivity index (χ4n) is 2.78. The fourth-order valence-corrected chi connectivity index (χ4v) is 3.23. The molecule has 0 unspecified atom stereocenters. The molecule has 9 heteroatoms. The molecule has 0 saturated carbocycles. The summed E-state index contributed by atoms with van der Waals surface area (Å²) in [6.07, 6.45) is 1.83. The number of amides is 1. The minimum Gasteiger partial charge on any atom is -0.339 e. The van der Waals surface area contributed by atoms with Gasteiger partial charge < -0.3 is 4.52 Å². The van der Waals surface area contributed by atoms with Crippen LogP contribution in [0, 0.1) is 0 Å². The number of carbonyl (C=O) groups excluding carboxylic acids is 1. The second-order valence-corrected chi connectivity index (χ2v) is 7.20. The van der Waals surface area contributed by atoms with Gasteiger partial charge in [-0.25, -0.2) is 0 Å². The van der Waals surface area contributed by atoms with Crippen molar-refractivity contribution in [3.63, 3.8) is 0 Å². The van der Waals surface area contributed by atoms with E-state index in [1.54, 1.807) is 5.51 Å². The Hall–Kier alpha value is -1.87. The van der Waals surface area contributed by atoms with Crippen molar-refractivity contribution in [1.82, 2.24) is 25.2 Å². The quantitative estimate of drug-likeness (QED) is 0.883. The summed E-state index contributed by atoms with van der Waals surface area (Å²) in [5.41, 5.74) is 1.60. The molecule has 1 fully saturated rings. The number of aromatic nitrogens is 4. The van der Waals surface area contributed by atoms with E-state index in [0.717, 1.165) is 37.6 Å². The first-order valence-electron chi connectivity index (χ1n) is 8.19. The molecule has 1 aliphatic heterocycles. The van der Waals surface area contributed by atoms with E-state index in [2.05, 4.69) is 44.4 Å². The third-order valence-corrected chi connectivity index (χ3v) is 4.98. The summed E-state index contributed by atoms with van der Waals surface area (Å²) >= 11 is 1.32. The van der Waals surface area contributed by atoms with Crippen molar-refractivity contribution >= 4 is 22.4 Å². The van der Waals surface area contributed by atoms with Gasteiger partial charge in [0.05, 0.1) is 6.04 Å². The number of nitrogens with one attached hydrogen (secondary N) is 1. The molecular formula is C15H22N6O2S. The zero-order valence-corrected chi connectivity index (χ0v) is 14.9. The fraction of sp³-hybridized carbons (Fsp3) is 0.667. The normalized spacial score (nSPS) is 18.0. The Morgan fingerprint density at radius 3 is 2.71 bits per heavy atom. The predicted octanol–water partition coefficient (Wildman–Crippen LogP) is 2.25. The SMILES string of the molecule is CC(C)c1noc(C2CCN([C@H](C)C(=O)Nc3nncs3)CC2)n1. The third-order valence-electron chi connectivity index (χ3n) is 4.37. The maximum Gasteiger partial charge on any atom is 0.243 e. The van der Waals surface area contributed by atoms with Crippen molar-refractivity contribution < 1.29 is 9.32 Å². The van der Waals surface area contributed by atoms with E-state index >= 15 is 0 Å². The molecule has 1 N–H and O–H groups in total. The molecule has 0 aromatic carbocycles. The third kappa shape index (κ3) is 3.78. The van der Waals surface area contributed by atoms with Crippen LogP contribution >= 0.6 is 11.3 Å². The first-order valence-corrected chi connectivity index (χ1v) is 9.07. The Bertz CT molecular complexity index is 663. The van der Waals surface area contributed by atoms with Crippen LogP contribution in [0.15, 0.2) is 10.0 Å². The van der Waals surface area contributed by atoms with Crippen molar-refractivity contribution in [1.29, 1.82) is 0 Å². The number of piperidine rings is 1. The lowest BCUT2D eigenvalue weighted by Crippen LogP contribution is -2.45. The van der Waals surface area contributed by atoms with Gasteiger partial charge >= 0.3 is 0 Å². The average molecular weight is 350 g/mol. The molecule has 0 radical (unpaired) electrons. The molecule has 1 saturated heterocycles. The van der Waals surface area contributed by atoms with E-state index in [1.807, 2.05) is 6.92 Å². The summed E-state index contributed by atoms with van der Waals surface area (Å²) in [6, 6.07) is -0.205. The monoisotopic (exact) mass is 350 g/mol. The van der Waals surface area contributed by atoms with Crippen LogP contribution in [0.4, 0.5) is 5.13 Å². The molecule has 130 valence electrons. The lowest BCUT2D eigenvalue weighted by molar-refractivity contribution is -0.121. The van der Waals surface area contributed by atoms with E-state index in [-0.39, 0.29) is 23.8 Å². The molecule has 3 rings (SSSR count). The van der Waals surface area contributed by atoms with E-state index in [4.69, 9.17) is 4.52 Å². The molecule has 2 aromatic rings. The Morgan fingerprint density at radius 1 is 1.38 bits per heavy atom. The van der Waals surface area contributed by atoms with Crippen molar-refractivity contribution in [2.45, 2.75) is 51.5 Å². The van der Waals surface area contributed by atoms with E-state index in [0.29, 0.717) is 5.13 Å². The standard InChI is InChI=1S/C15H22N6O2S/c1-9(2)12-17-14(23-20-12)11-4-6-21(7-5-11)10(3)13(22)18-15-19-16-8-24-15/h8-11H,4-7H2,1-3H3,(H,18,19,22)/t10-/m1/s1. The van der Waals surface area contributed by atoms with Gasteiger partial charge in [-0.3, -0.25) is 15.0 Å². The average Bonchev–Trinajstić information content (AvgIpc) is 3.26. The number of hydrogen-bond acceptors (Lipinski definition) is 8. The van der Waals surface area contributed by atoms with Crippen LogP contribution in [0.25, 0.3) is 0 Å². The highest BCUT2D eigenvalue weighted by Gasteiger charge is 2.30. The van der Waals surface area contributed by atoms with Crippen molar-refractivity contribution in [2.24, 2.45) is 0 Å². The molecule has 2 aromatic heterocycles. The Labute approximate surface area is 144 Å². The van der Waals surface area contributed by atoms with Crippen LogP contribution in [0.2, 0.25) is 0 Å². The Balaban J connectivity index is 1.53. The number of hydrogen-bond donors (Lipinski definition) is 1. The molecule has 0 aliphatic carbocycles. The topological polar surface area (TPSA) is 97.0 Å². The molecule has 1 aliphatic rings. The molecule has 0 bridgehead atoms. The van der Waals surface area contributed by atoms with Gasteiger partial charge in [-0.05, 0) is 32.9 Å². The molecule has 0 spiro atoms. The van der Waals surface area contributed by atoms with Gasteiger partial charge in [-0.1, -0.05) is 30.3 Å². The molecule has 1 atom stereocenters. The maximum absolute atomic E-state index is 12.3. The first kappa shape index (κ1) is 17.0. The molecule has 24 heavy (non-hydrogen) atoms. The van der Waals surface area contributed by atoms with Gasteiger partial charge in [-0.15, -0.1) is 10.2 Å². The van der Waals surface area contributed by atoms with Crippen molar-refractivity contribution in [3.8, 4) is 0 Å². The highest BCUT2D eigenvalue weighted by molar-refractivity contribution is 7.13. The second-order valence-electron chi connectivity index (χ2n) is 6.36. The number of rotatable bonds is 5. The van der Waals surface area contributed by atoms with Gasteiger partial charge in [-0.2, -0.15) is 4.98 Å². The van der Waals surface area contributed by atoms with Crippen LogP contribution < -0.4 is 5.32 Å². The molecule has 3 heterocycles. The highest BCUT2D eigenvalue weighted by Crippen LogP contribution is 2.28. The van der Waals surface area contributed by atoms with E-state index < -0.39 is 0 Å². The van der Waals surface area contributed by atoms with Crippen molar-refractivity contribution in [2.75, 3.05) is 18.4 Å². The van der Waals surface area contributed by atoms with Gasteiger partial charge in [0.25, 0.3) is 0 Å². The zero-order chi connectivity index (χ0) is 17.1. The number of likely N-dealkylation sites (tertiary alicyclic amines) is 1. The Morgan fingerprint density at radius 2 is 2.12 bits per heavy atom. The van der Waals surface area contributed by atoms with Crippen LogP contribution in [0.1, 0.15) is 57.2 Å². The van der Waals surface area contributed by atoms with E-state index in [1.165, 1.54) is 11.3 Å². The summed E-state index contributed by atoms with van der Waals surface area (Å²) < 4.78 is 5.41. The molecular weight excluding hydrogens is 328 g/mol. The van der Waals surface area contributed by atoms with Crippen molar-refractivity contribution in [3.05, 3.63) is 17.2 Å². The van der Waals surface area contributed by atoms with Crippen LogP contribution in [0.5, 0.6) is 0 Å². The minimum atomic E-state index is -0.205. The van der Waals surface area contributed by atoms with Crippen LogP contribution in [-0.4, -0.2) is 50.3 Å². The number of nitrogens with zero attached hydrogens (tertiary/aromatic N) is 5. The number of anilines is 1. The summed E-state index contributed by atoms with van der Waals surface area (Å²) in [5.74, 6) is 1.98. The highest BCUT2D eigenvalue weighted by atomic mass is 32.1. The minimum absolute atomic E-state index is 0.0508. The summed E-state index contributed by atoms with van der Waals surface area (Å²) in [5, 5.41) is 14.9. The second kappa shape index (κ2) is 7.35. The van der Waals surface area contributed by atoms with E-state index in [9.17, 15) is 4.79 Å². The van der Waals surface area contributed by atoms with Gasteiger partial charge in [0.1, 0.15) is 5.51 Å². The molecule has 1 amide bonds. The van der Waals surface area contributed by atoms with Gasteiger partial charge in [0.15, 0.2) is 5.82 Å². The lowest BCUT2D eigenvalue weighted by Gasteiger charge is -2.33. The zero-order valence-electron chi connectivity index (χ0n) is 14.1. The number of carbonyl (C=O) groups is 1. The summed E-state index contributed by atoms with van der Waals surface area (Å²) in [7, 11) is 0. The smallest absolute Gasteiger partial charge is 0.243 e. The Kier molecular flexibility index (Phi) is 5.20.